The van der Waals surface area contributed by atoms with Gasteiger partial charge in [0.25, 0.3) is 11.8 Å². The maximum Gasteiger partial charge on any atom is 0.261 e. The van der Waals surface area contributed by atoms with Crippen LogP contribution in [0.25, 0.3) is 10.8 Å². The van der Waals surface area contributed by atoms with Crippen molar-refractivity contribution in [2.45, 2.75) is 6.92 Å². The van der Waals surface area contributed by atoms with Gasteiger partial charge in [0.2, 0.25) is 0 Å². The van der Waals surface area contributed by atoms with Gasteiger partial charge in [0.15, 0.2) is 0 Å². The highest BCUT2D eigenvalue weighted by Gasteiger charge is 2.32. The summed E-state index contributed by atoms with van der Waals surface area (Å²) in [5.41, 5.74) is 1.08. The monoisotopic (exact) mass is 303 g/mol. The molecule has 4 nitrogen and oxygen atoms in total. The van der Waals surface area contributed by atoms with Crippen LogP contribution in [0.3, 0.4) is 0 Å². The number of carbonyl (C=O) groups excluding carboxylic acids is 2. The van der Waals surface area contributed by atoms with Gasteiger partial charge in [0, 0.05) is 28.4 Å². The van der Waals surface area contributed by atoms with Crippen LogP contribution in [0.5, 0.6) is 5.75 Å². The Bertz CT molecular complexity index is 719. The second-order valence-electron chi connectivity index (χ2n) is 4.73. The molecule has 5 heteroatoms. The molecule has 0 bridgehead atoms. The average molecular weight is 304 g/mol. The number of amides is 2. The number of carbonyl (C=O) groups is 2. The minimum Gasteiger partial charge on any atom is -0.492 e. The number of imide groups is 1. The third-order valence-electron chi connectivity index (χ3n) is 3.60. The van der Waals surface area contributed by atoms with Crippen molar-refractivity contribution >= 4 is 34.2 Å². The van der Waals surface area contributed by atoms with Crippen molar-refractivity contribution in [2.75, 3.05) is 19.0 Å². The Balaban J connectivity index is 2.26. The predicted octanol–water partition coefficient (Wildman–Crippen LogP) is 3.07. The summed E-state index contributed by atoms with van der Waals surface area (Å²) in [6.07, 6.45) is 0. The van der Waals surface area contributed by atoms with E-state index in [1.807, 2.05) is 6.07 Å². The Kier molecular flexibility index (Phi) is 3.55. The first-order valence-electron chi connectivity index (χ1n) is 6.79. The van der Waals surface area contributed by atoms with E-state index in [1.165, 1.54) is 4.90 Å². The summed E-state index contributed by atoms with van der Waals surface area (Å²) in [7, 11) is 0. The molecule has 0 aromatic heterocycles. The standard InChI is InChI=1S/C16H14ClNO3/c1-2-18-15(19)11-5-3-4-10-13(21-9-8-17)7-6-12(14(10)11)16(18)20/h3-7H,2,8-9H2,1H3. The third kappa shape index (κ3) is 2.07. The first-order valence-corrected chi connectivity index (χ1v) is 7.33. The Morgan fingerprint density at radius 1 is 1.10 bits per heavy atom. The Labute approximate surface area is 127 Å². The fourth-order valence-electron chi connectivity index (χ4n) is 2.68. The summed E-state index contributed by atoms with van der Waals surface area (Å²) in [5.74, 6) is 0.511. The molecule has 1 heterocycles. The molecule has 0 radical (unpaired) electrons. The fourth-order valence-corrected chi connectivity index (χ4v) is 2.76. The molecule has 108 valence electrons. The van der Waals surface area contributed by atoms with Crippen LogP contribution in [-0.2, 0) is 0 Å². The van der Waals surface area contributed by atoms with Gasteiger partial charge in [-0.3, -0.25) is 14.5 Å². The molecule has 0 spiro atoms. The zero-order valence-corrected chi connectivity index (χ0v) is 12.3. The molecule has 1 aliphatic rings. The fraction of sp³-hybridized carbons (Fsp3) is 0.250. The molecule has 2 aromatic carbocycles. The molecule has 0 fully saturated rings. The van der Waals surface area contributed by atoms with Gasteiger partial charge < -0.3 is 4.74 Å². The van der Waals surface area contributed by atoms with Crippen molar-refractivity contribution in [1.29, 1.82) is 0 Å². The largest absolute Gasteiger partial charge is 0.492 e. The smallest absolute Gasteiger partial charge is 0.261 e. The normalized spacial score (nSPS) is 13.9. The Morgan fingerprint density at radius 3 is 2.48 bits per heavy atom. The van der Waals surface area contributed by atoms with Crippen molar-refractivity contribution in [1.82, 2.24) is 4.90 Å². The van der Waals surface area contributed by atoms with Crippen molar-refractivity contribution < 1.29 is 14.3 Å². The molecule has 0 unspecified atom stereocenters. The maximum atomic E-state index is 12.4. The van der Waals surface area contributed by atoms with Gasteiger partial charge in [-0.2, -0.15) is 0 Å². The minimum atomic E-state index is -0.255. The average Bonchev–Trinajstić information content (AvgIpc) is 2.51. The first kappa shape index (κ1) is 13.9. The number of halogens is 1. The van der Waals surface area contributed by atoms with Crippen LogP contribution in [0.2, 0.25) is 0 Å². The van der Waals surface area contributed by atoms with Crippen molar-refractivity contribution in [2.24, 2.45) is 0 Å². The molecule has 0 saturated carbocycles. The number of ether oxygens (including phenoxy) is 1. The summed E-state index contributed by atoms with van der Waals surface area (Å²) >= 11 is 5.65. The molecule has 0 aliphatic carbocycles. The van der Waals surface area contributed by atoms with Crippen LogP contribution in [0.4, 0.5) is 0 Å². The van der Waals surface area contributed by atoms with E-state index < -0.39 is 0 Å². The first-order chi connectivity index (χ1) is 10.2. The van der Waals surface area contributed by atoms with Crippen LogP contribution in [0.15, 0.2) is 30.3 Å². The highest BCUT2D eigenvalue weighted by molar-refractivity contribution is 6.26. The van der Waals surface area contributed by atoms with E-state index in [4.69, 9.17) is 16.3 Å². The lowest BCUT2D eigenvalue weighted by molar-refractivity contribution is 0.0619. The maximum absolute atomic E-state index is 12.4. The molecule has 0 atom stereocenters. The number of hydrogen-bond donors (Lipinski definition) is 0. The number of benzene rings is 2. The zero-order valence-electron chi connectivity index (χ0n) is 11.6. The van der Waals surface area contributed by atoms with E-state index in [9.17, 15) is 9.59 Å². The third-order valence-corrected chi connectivity index (χ3v) is 3.76. The van der Waals surface area contributed by atoms with Crippen LogP contribution < -0.4 is 4.74 Å². The van der Waals surface area contributed by atoms with Gasteiger partial charge in [-0.15, -0.1) is 11.6 Å². The highest BCUT2D eigenvalue weighted by Crippen LogP contribution is 2.35. The highest BCUT2D eigenvalue weighted by atomic mass is 35.5. The van der Waals surface area contributed by atoms with Crippen LogP contribution >= 0.6 is 11.6 Å². The summed E-state index contributed by atoms with van der Waals surface area (Å²) in [5, 5.41) is 1.44. The molecule has 3 rings (SSSR count). The van der Waals surface area contributed by atoms with Crippen molar-refractivity contribution in [3.63, 3.8) is 0 Å². The second kappa shape index (κ2) is 5.37. The molecule has 0 saturated heterocycles. The SMILES string of the molecule is CCN1C(=O)c2cccc3c(OCCCl)ccc(c23)C1=O. The summed E-state index contributed by atoms with van der Waals surface area (Å²) < 4.78 is 5.60. The predicted molar refractivity (Wildman–Crippen MR) is 81.2 cm³/mol. The molecule has 21 heavy (non-hydrogen) atoms. The van der Waals surface area contributed by atoms with Crippen LogP contribution in [0.1, 0.15) is 27.6 Å². The Hall–Kier alpha value is -2.07. The number of alkyl halides is 1. The zero-order chi connectivity index (χ0) is 15.0. The van der Waals surface area contributed by atoms with Gasteiger partial charge in [0.05, 0.1) is 5.88 Å². The van der Waals surface area contributed by atoms with E-state index in [1.54, 1.807) is 31.2 Å². The van der Waals surface area contributed by atoms with E-state index in [0.29, 0.717) is 41.3 Å². The van der Waals surface area contributed by atoms with Gasteiger partial charge in [0.1, 0.15) is 12.4 Å². The van der Waals surface area contributed by atoms with Gasteiger partial charge in [-0.05, 0) is 25.1 Å². The minimum absolute atomic E-state index is 0.255. The van der Waals surface area contributed by atoms with Gasteiger partial charge in [-0.1, -0.05) is 12.1 Å². The molecule has 2 amide bonds. The Morgan fingerprint density at radius 2 is 1.81 bits per heavy atom. The van der Waals surface area contributed by atoms with E-state index in [-0.39, 0.29) is 11.8 Å². The number of nitrogens with zero attached hydrogens (tertiary/aromatic N) is 1. The van der Waals surface area contributed by atoms with Gasteiger partial charge >= 0.3 is 0 Å². The van der Waals surface area contributed by atoms with Crippen LogP contribution in [0, 0.1) is 0 Å². The molecule has 0 N–H and O–H groups in total. The lowest BCUT2D eigenvalue weighted by atomic mass is 9.93. The summed E-state index contributed by atoms with van der Waals surface area (Å²) in [6.45, 7) is 2.53. The van der Waals surface area contributed by atoms with Crippen molar-refractivity contribution in [3.05, 3.63) is 41.5 Å². The summed E-state index contributed by atoms with van der Waals surface area (Å²) in [6, 6.07) is 8.88. The molecule has 1 aliphatic heterocycles. The second-order valence-corrected chi connectivity index (χ2v) is 5.11. The van der Waals surface area contributed by atoms with Crippen molar-refractivity contribution in [3.8, 4) is 5.75 Å². The van der Waals surface area contributed by atoms with E-state index >= 15 is 0 Å². The lowest BCUT2D eigenvalue weighted by Crippen LogP contribution is -2.40. The molecular weight excluding hydrogens is 290 g/mol. The quantitative estimate of drug-likeness (QED) is 0.644. The topological polar surface area (TPSA) is 46.6 Å². The molecule has 2 aromatic rings. The molecular formula is C16H14ClNO3. The van der Waals surface area contributed by atoms with Gasteiger partial charge in [-0.25, -0.2) is 0 Å². The summed E-state index contributed by atoms with van der Waals surface area (Å²) in [4.78, 5) is 26.1. The lowest BCUT2D eigenvalue weighted by Gasteiger charge is -2.26. The number of hydrogen-bond acceptors (Lipinski definition) is 3. The number of rotatable bonds is 4. The van der Waals surface area contributed by atoms with Crippen LogP contribution in [-0.4, -0.2) is 35.7 Å². The van der Waals surface area contributed by atoms with E-state index in [0.717, 1.165) is 5.39 Å². The van der Waals surface area contributed by atoms with E-state index in [2.05, 4.69) is 0 Å².